The molecule has 4 rings (SSSR count). The summed E-state index contributed by atoms with van der Waals surface area (Å²) >= 11 is 1.17. The number of aryl methyl sites for hydroxylation is 1. The number of aromatic nitrogens is 2. The van der Waals surface area contributed by atoms with Crippen LogP contribution in [0.5, 0.6) is 0 Å². The van der Waals surface area contributed by atoms with E-state index in [-0.39, 0.29) is 17.1 Å². The van der Waals surface area contributed by atoms with Crippen molar-refractivity contribution in [2.75, 3.05) is 5.32 Å². The van der Waals surface area contributed by atoms with Crippen molar-refractivity contribution in [3.05, 3.63) is 42.0 Å². The molecule has 0 bridgehead atoms. The highest BCUT2D eigenvalue weighted by Crippen LogP contribution is 2.37. The molecule has 1 N–H and O–H groups in total. The molecule has 4 nitrogen and oxygen atoms in total. The van der Waals surface area contributed by atoms with Gasteiger partial charge in [0.05, 0.1) is 10.6 Å². The standard InChI is InChI=1S/C17H13F2N3OS/c1-8-2-3-20-7-11(8)9-4-13(19)15-14(5-9)24-17(21-15)22-16(23)10-6-12(10)18/h2-5,7,10,12H,6H2,1H3,(H,21,22,23)/t10-,12?/m1/s1. The number of fused-ring (bicyclic) bond motifs is 1. The number of nitrogens with zero attached hydrogens (tertiary/aromatic N) is 2. The van der Waals surface area contributed by atoms with E-state index in [4.69, 9.17) is 0 Å². The third-order valence-electron chi connectivity index (χ3n) is 4.08. The van der Waals surface area contributed by atoms with Crippen LogP contribution >= 0.6 is 11.3 Å². The molecule has 1 saturated carbocycles. The smallest absolute Gasteiger partial charge is 0.232 e. The number of hydrogen-bond donors (Lipinski definition) is 1. The average Bonchev–Trinajstić information content (AvgIpc) is 3.14. The Morgan fingerprint density at radius 2 is 2.21 bits per heavy atom. The highest BCUT2D eigenvalue weighted by molar-refractivity contribution is 7.22. The number of thiazole rings is 1. The Bertz CT molecular complexity index is 956. The fourth-order valence-electron chi connectivity index (χ4n) is 2.60. The quantitative estimate of drug-likeness (QED) is 0.777. The van der Waals surface area contributed by atoms with Gasteiger partial charge in [-0.3, -0.25) is 9.78 Å². The number of carbonyl (C=O) groups is 1. The third kappa shape index (κ3) is 2.65. The number of carbonyl (C=O) groups excluding carboxylic acids is 1. The van der Waals surface area contributed by atoms with Gasteiger partial charge in [-0.1, -0.05) is 11.3 Å². The minimum Gasteiger partial charge on any atom is -0.302 e. The van der Waals surface area contributed by atoms with Gasteiger partial charge in [-0.05, 0) is 42.7 Å². The summed E-state index contributed by atoms with van der Waals surface area (Å²) in [4.78, 5) is 20.0. The van der Waals surface area contributed by atoms with Gasteiger partial charge in [-0.25, -0.2) is 13.8 Å². The molecule has 0 saturated heterocycles. The molecule has 0 aliphatic heterocycles. The molecule has 1 aliphatic rings. The summed E-state index contributed by atoms with van der Waals surface area (Å²) in [5.74, 6) is -1.46. The lowest BCUT2D eigenvalue weighted by molar-refractivity contribution is -0.117. The zero-order valence-electron chi connectivity index (χ0n) is 12.7. The summed E-state index contributed by atoms with van der Waals surface area (Å²) in [6, 6.07) is 5.10. The van der Waals surface area contributed by atoms with Crippen LogP contribution in [-0.4, -0.2) is 22.0 Å². The number of alkyl halides is 1. The zero-order chi connectivity index (χ0) is 16.8. The molecule has 0 spiro atoms. The van der Waals surface area contributed by atoms with Crippen LogP contribution in [0.2, 0.25) is 0 Å². The zero-order valence-corrected chi connectivity index (χ0v) is 13.5. The molecule has 7 heteroatoms. The number of rotatable bonds is 3. The molecular weight excluding hydrogens is 332 g/mol. The Kier molecular flexibility index (Phi) is 3.53. The number of benzene rings is 1. The van der Waals surface area contributed by atoms with Gasteiger partial charge in [0, 0.05) is 18.0 Å². The molecule has 122 valence electrons. The first-order valence-electron chi connectivity index (χ1n) is 7.49. The molecular formula is C17H13F2N3OS. The predicted octanol–water partition coefficient (Wildman–Crippen LogP) is 4.10. The second-order valence-corrected chi connectivity index (χ2v) is 6.89. The SMILES string of the molecule is Cc1ccncc1-c1cc(F)c2nc(NC(=O)[C@@H]3CC3F)sc2c1. The second kappa shape index (κ2) is 5.59. The number of nitrogens with one attached hydrogen (secondary N) is 1. The van der Waals surface area contributed by atoms with Crippen LogP contribution < -0.4 is 5.32 Å². The van der Waals surface area contributed by atoms with Crippen LogP contribution in [0.1, 0.15) is 12.0 Å². The lowest BCUT2D eigenvalue weighted by atomic mass is 10.0. The van der Waals surface area contributed by atoms with Crippen molar-refractivity contribution < 1.29 is 13.6 Å². The minimum atomic E-state index is -1.07. The van der Waals surface area contributed by atoms with Crippen LogP contribution in [0.25, 0.3) is 21.3 Å². The predicted molar refractivity (Wildman–Crippen MR) is 89.2 cm³/mol. The summed E-state index contributed by atoms with van der Waals surface area (Å²) in [5, 5.41) is 2.86. The van der Waals surface area contributed by atoms with E-state index in [0.29, 0.717) is 10.3 Å². The lowest BCUT2D eigenvalue weighted by Gasteiger charge is -2.05. The maximum absolute atomic E-state index is 14.4. The van der Waals surface area contributed by atoms with E-state index in [1.807, 2.05) is 19.1 Å². The topological polar surface area (TPSA) is 54.9 Å². The van der Waals surface area contributed by atoms with Gasteiger partial charge in [0.25, 0.3) is 0 Å². The summed E-state index contributed by atoms with van der Waals surface area (Å²) in [6.45, 7) is 1.93. The van der Waals surface area contributed by atoms with Gasteiger partial charge in [0.1, 0.15) is 11.7 Å². The molecule has 2 atom stereocenters. The van der Waals surface area contributed by atoms with E-state index in [1.54, 1.807) is 12.4 Å². The monoisotopic (exact) mass is 345 g/mol. The van der Waals surface area contributed by atoms with E-state index >= 15 is 0 Å². The van der Waals surface area contributed by atoms with E-state index in [0.717, 1.165) is 11.1 Å². The van der Waals surface area contributed by atoms with E-state index in [1.165, 1.54) is 17.4 Å². The van der Waals surface area contributed by atoms with Gasteiger partial charge in [0.2, 0.25) is 5.91 Å². The molecule has 0 radical (unpaired) electrons. The average molecular weight is 345 g/mol. The molecule has 2 aromatic heterocycles. The van der Waals surface area contributed by atoms with Crippen LogP contribution in [0, 0.1) is 18.7 Å². The molecule has 2 heterocycles. The Morgan fingerprint density at radius 3 is 2.92 bits per heavy atom. The summed E-state index contributed by atoms with van der Waals surface area (Å²) in [6.07, 6.45) is 2.55. The largest absolute Gasteiger partial charge is 0.302 e. The first kappa shape index (κ1) is 15.1. The summed E-state index contributed by atoms with van der Waals surface area (Å²) < 4.78 is 28.0. The maximum Gasteiger partial charge on any atom is 0.232 e. The van der Waals surface area contributed by atoms with Gasteiger partial charge in [0.15, 0.2) is 10.9 Å². The Morgan fingerprint density at radius 1 is 1.42 bits per heavy atom. The fraction of sp³-hybridized carbons (Fsp3) is 0.235. The van der Waals surface area contributed by atoms with E-state index in [2.05, 4.69) is 15.3 Å². The van der Waals surface area contributed by atoms with Crippen molar-refractivity contribution in [3.8, 4) is 11.1 Å². The minimum absolute atomic E-state index is 0.202. The van der Waals surface area contributed by atoms with Crippen LogP contribution in [0.3, 0.4) is 0 Å². The molecule has 1 aromatic carbocycles. The van der Waals surface area contributed by atoms with E-state index in [9.17, 15) is 13.6 Å². The number of anilines is 1. The number of halogens is 2. The maximum atomic E-state index is 14.4. The third-order valence-corrected chi connectivity index (χ3v) is 5.00. The van der Waals surface area contributed by atoms with Gasteiger partial charge < -0.3 is 5.32 Å². The van der Waals surface area contributed by atoms with Crippen LogP contribution in [0.15, 0.2) is 30.6 Å². The van der Waals surface area contributed by atoms with Gasteiger partial charge in [-0.2, -0.15) is 0 Å². The van der Waals surface area contributed by atoms with Crippen molar-refractivity contribution in [1.29, 1.82) is 0 Å². The van der Waals surface area contributed by atoms with Crippen molar-refractivity contribution >= 4 is 32.6 Å². The molecule has 1 fully saturated rings. The van der Waals surface area contributed by atoms with Gasteiger partial charge >= 0.3 is 0 Å². The van der Waals surface area contributed by atoms with Crippen molar-refractivity contribution in [2.45, 2.75) is 19.5 Å². The molecule has 3 aromatic rings. The molecule has 1 amide bonds. The number of pyridine rings is 1. The number of amides is 1. The number of hydrogen-bond acceptors (Lipinski definition) is 4. The Labute approximate surface area is 140 Å². The lowest BCUT2D eigenvalue weighted by Crippen LogP contribution is -2.14. The molecule has 1 unspecified atom stereocenters. The first-order valence-corrected chi connectivity index (χ1v) is 8.30. The van der Waals surface area contributed by atoms with Crippen molar-refractivity contribution in [3.63, 3.8) is 0 Å². The first-order chi connectivity index (χ1) is 11.5. The Balaban J connectivity index is 1.70. The van der Waals surface area contributed by atoms with Gasteiger partial charge in [-0.15, -0.1) is 0 Å². The highest BCUT2D eigenvalue weighted by Gasteiger charge is 2.43. The summed E-state index contributed by atoms with van der Waals surface area (Å²) in [7, 11) is 0. The normalized spacial score (nSPS) is 19.5. The van der Waals surface area contributed by atoms with E-state index < -0.39 is 23.8 Å². The summed E-state index contributed by atoms with van der Waals surface area (Å²) in [5.41, 5.74) is 2.74. The van der Waals surface area contributed by atoms with Crippen molar-refractivity contribution in [1.82, 2.24) is 9.97 Å². The highest BCUT2D eigenvalue weighted by atomic mass is 32.1. The van der Waals surface area contributed by atoms with Crippen LogP contribution in [0.4, 0.5) is 13.9 Å². The van der Waals surface area contributed by atoms with Crippen LogP contribution in [-0.2, 0) is 4.79 Å². The molecule has 24 heavy (non-hydrogen) atoms. The van der Waals surface area contributed by atoms with Crippen molar-refractivity contribution in [2.24, 2.45) is 5.92 Å². The second-order valence-electron chi connectivity index (χ2n) is 5.86. The Hall–Kier alpha value is -2.41. The molecule has 1 aliphatic carbocycles. The fourth-order valence-corrected chi connectivity index (χ4v) is 3.52.